The molecule has 1 unspecified atom stereocenters. The standard InChI is InChI=1S/C26H25F2N3O2S/c27-17-26(14-15-26)31-34-22-12-10-21(11-13-22)29-25(33)23(16-18-4-2-1-3-5-18)30-24(32)19-6-8-20(28)9-7-19/h1-13,23,31H,14-17H2,(H,29,33)(H,30,32). The first-order valence-corrected chi connectivity index (χ1v) is 11.8. The maximum atomic E-state index is 13.2. The second-order valence-electron chi connectivity index (χ2n) is 8.35. The first-order valence-electron chi connectivity index (χ1n) is 11.0. The lowest BCUT2D eigenvalue weighted by atomic mass is 10.0. The minimum absolute atomic E-state index is 0.267. The van der Waals surface area contributed by atoms with E-state index >= 15 is 0 Å². The molecule has 0 aliphatic heterocycles. The Bertz CT molecular complexity index is 1120. The van der Waals surface area contributed by atoms with Crippen LogP contribution in [0.2, 0.25) is 0 Å². The quantitative estimate of drug-likeness (QED) is 0.360. The highest BCUT2D eigenvalue weighted by Crippen LogP contribution is 2.38. The molecule has 1 saturated carbocycles. The Morgan fingerprint density at radius 2 is 1.62 bits per heavy atom. The van der Waals surface area contributed by atoms with E-state index in [2.05, 4.69) is 15.4 Å². The van der Waals surface area contributed by atoms with Gasteiger partial charge < -0.3 is 10.6 Å². The molecule has 8 heteroatoms. The summed E-state index contributed by atoms with van der Waals surface area (Å²) >= 11 is 1.37. The van der Waals surface area contributed by atoms with Crippen LogP contribution >= 0.6 is 11.9 Å². The summed E-state index contributed by atoms with van der Waals surface area (Å²) in [7, 11) is 0. The highest BCUT2D eigenvalue weighted by molar-refractivity contribution is 7.97. The zero-order chi connectivity index (χ0) is 24.0. The highest BCUT2D eigenvalue weighted by atomic mass is 32.2. The molecule has 4 rings (SSSR count). The molecule has 1 aliphatic carbocycles. The summed E-state index contributed by atoms with van der Waals surface area (Å²) in [6.45, 7) is -0.388. The predicted octanol–water partition coefficient (Wildman–Crippen LogP) is 4.90. The van der Waals surface area contributed by atoms with Gasteiger partial charge in [-0.2, -0.15) is 0 Å². The molecule has 0 aromatic heterocycles. The van der Waals surface area contributed by atoms with Crippen molar-refractivity contribution in [1.29, 1.82) is 0 Å². The highest BCUT2D eigenvalue weighted by Gasteiger charge is 2.42. The molecule has 34 heavy (non-hydrogen) atoms. The molecule has 2 amide bonds. The Hall–Kier alpha value is -3.23. The van der Waals surface area contributed by atoms with Crippen LogP contribution in [0.3, 0.4) is 0 Å². The normalized spacial score (nSPS) is 14.8. The summed E-state index contributed by atoms with van der Waals surface area (Å²) in [6, 6.07) is 20.9. The number of hydrogen-bond acceptors (Lipinski definition) is 4. The fourth-order valence-electron chi connectivity index (χ4n) is 3.32. The van der Waals surface area contributed by atoms with Gasteiger partial charge in [-0.05, 0) is 78.9 Å². The van der Waals surface area contributed by atoms with E-state index in [1.54, 1.807) is 12.1 Å². The zero-order valence-electron chi connectivity index (χ0n) is 18.4. The van der Waals surface area contributed by atoms with E-state index in [1.807, 2.05) is 42.5 Å². The fraction of sp³-hybridized carbons (Fsp3) is 0.231. The smallest absolute Gasteiger partial charge is 0.251 e. The van der Waals surface area contributed by atoms with Gasteiger partial charge in [0.2, 0.25) is 5.91 Å². The van der Waals surface area contributed by atoms with Gasteiger partial charge in [-0.3, -0.25) is 14.3 Å². The third kappa shape index (κ3) is 6.42. The minimum atomic E-state index is -0.838. The van der Waals surface area contributed by atoms with Gasteiger partial charge in [-0.15, -0.1) is 0 Å². The molecular formula is C26H25F2N3O2S. The molecule has 1 aliphatic rings. The Kier molecular flexibility index (Phi) is 7.59. The van der Waals surface area contributed by atoms with Crippen molar-refractivity contribution in [1.82, 2.24) is 10.0 Å². The average Bonchev–Trinajstić information content (AvgIpc) is 3.65. The molecule has 5 nitrogen and oxygen atoms in total. The number of amides is 2. The maximum Gasteiger partial charge on any atom is 0.251 e. The van der Waals surface area contributed by atoms with Crippen molar-refractivity contribution in [3.05, 3.63) is 95.8 Å². The minimum Gasteiger partial charge on any atom is -0.340 e. The molecule has 3 N–H and O–H groups in total. The summed E-state index contributed by atoms with van der Waals surface area (Å²) < 4.78 is 29.4. The second kappa shape index (κ2) is 10.8. The summed E-state index contributed by atoms with van der Waals surface area (Å²) in [6.07, 6.45) is 1.96. The van der Waals surface area contributed by atoms with Crippen LogP contribution in [-0.4, -0.2) is 30.1 Å². The number of hydrogen-bond donors (Lipinski definition) is 3. The molecular weight excluding hydrogens is 456 g/mol. The molecule has 0 radical (unpaired) electrons. The SMILES string of the molecule is O=C(NC(Cc1ccccc1)C(=O)Nc1ccc(SNC2(CF)CC2)cc1)c1ccc(F)cc1. The maximum absolute atomic E-state index is 13.2. The second-order valence-corrected chi connectivity index (χ2v) is 9.23. The van der Waals surface area contributed by atoms with E-state index in [-0.39, 0.29) is 18.1 Å². The number of carbonyl (C=O) groups is 2. The zero-order valence-corrected chi connectivity index (χ0v) is 19.2. The van der Waals surface area contributed by atoms with Gasteiger partial charge in [0.1, 0.15) is 18.5 Å². The third-order valence-corrected chi connectivity index (χ3v) is 6.67. The largest absolute Gasteiger partial charge is 0.340 e. The molecule has 3 aromatic carbocycles. The van der Waals surface area contributed by atoms with Crippen molar-refractivity contribution < 1.29 is 18.4 Å². The topological polar surface area (TPSA) is 70.2 Å². The number of benzene rings is 3. The van der Waals surface area contributed by atoms with Crippen LogP contribution in [0.1, 0.15) is 28.8 Å². The van der Waals surface area contributed by atoms with Crippen LogP contribution in [-0.2, 0) is 11.2 Å². The third-order valence-electron chi connectivity index (χ3n) is 5.63. The summed E-state index contributed by atoms with van der Waals surface area (Å²) in [5.74, 6) is -1.27. The number of halogens is 2. The summed E-state index contributed by atoms with van der Waals surface area (Å²) in [4.78, 5) is 26.7. The number of carbonyl (C=O) groups excluding carboxylic acids is 2. The average molecular weight is 482 g/mol. The van der Waals surface area contributed by atoms with Gasteiger partial charge in [-0.25, -0.2) is 8.78 Å². The molecule has 0 spiro atoms. The Balaban J connectivity index is 1.41. The molecule has 176 valence electrons. The van der Waals surface area contributed by atoms with Crippen LogP contribution in [0.15, 0.2) is 83.8 Å². The van der Waals surface area contributed by atoms with E-state index in [0.717, 1.165) is 23.3 Å². The van der Waals surface area contributed by atoms with Gasteiger partial charge >= 0.3 is 0 Å². The van der Waals surface area contributed by atoms with Gasteiger partial charge in [0, 0.05) is 22.6 Å². The number of rotatable bonds is 10. The summed E-state index contributed by atoms with van der Waals surface area (Å²) in [5, 5.41) is 5.61. The van der Waals surface area contributed by atoms with Crippen LogP contribution in [0.4, 0.5) is 14.5 Å². The molecule has 0 bridgehead atoms. The van der Waals surface area contributed by atoms with Crippen molar-refractivity contribution in [2.75, 3.05) is 12.0 Å². The van der Waals surface area contributed by atoms with Gasteiger partial charge in [-0.1, -0.05) is 30.3 Å². The molecule has 0 saturated heterocycles. The van der Waals surface area contributed by atoms with Crippen LogP contribution in [0, 0.1) is 5.82 Å². The number of alkyl halides is 1. The van der Waals surface area contributed by atoms with Crippen LogP contribution < -0.4 is 15.4 Å². The monoisotopic (exact) mass is 481 g/mol. The van der Waals surface area contributed by atoms with E-state index in [9.17, 15) is 18.4 Å². The van der Waals surface area contributed by atoms with E-state index in [4.69, 9.17) is 0 Å². The predicted molar refractivity (Wildman–Crippen MR) is 130 cm³/mol. The van der Waals surface area contributed by atoms with Crippen molar-refractivity contribution in [3.8, 4) is 0 Å². The van der Waals surface area contributed by atoms with Crippen molar-refractivity contribution >= 4 is 29.4 Å². The Labute approximate surface area is 201 Å². The van der Waals surface area contributed by atoms with Crippen molar-refractivity contribution in [3.63, 3.8) is 0 Å². The fourth-order valence-corrected chi connectivity index (χ4v) is 4.18. The Morgan fingerprint density at radius 3 is 2.24 bits per heavy atom. The van der Waals surface area contributed by atoms with E-state index in [0.29, 0.717) is 12.1 Å². The molecule has 3 aromatic rings. The Morgan fingerprint density at radius 1 is 0.941 bits per heavy atom. The molecule has 1 fully saturated rings. The van der Waals surface area contributed by atoms with Crippen LogP contribution in [0.25, 0.3) is 0 Å². The first-order chi connectivity index (χ1) is 16.5. The number of anilines is 1. The van der Waals surface area contributed by atoms with E-state index in [1.165, 1.54) is 36.2 Å². The van der Waals surface area contributed by atoms with Gasteiger partial charge in [0.25, 0.3) is 5.91 Å². The van der Waals surface area contributed by atoms with E-state index < -0.39 is 23.3 Å². The lowest BCUT2D eigenvalue weighted by Gasteiger charge is -2.19. The van der Waals surface area contributed by atoms with Crippen molar-refractivity contribution in [2.45, 2.75) is 35.7 Å². The molecule has 1 atom stereocenters. The van der Waals surface area contributed by atoms with Gasteiger partial charge in [0.05, 0.1) is 5.54 Å². The summed E-state index contributed by atoms with van der Waals surface area (Å²) in [5.41, 5.74) is 1.34. The van der Waals surface area contributed by atoms with Crippen molar-refractivity contribution in [2.24, 2.45) is 0 Å². The van der Waals surface area contributed by atoms with Crippen LogP contribution in [0.5, 0.6) is 0 Å². The molecule has 0 heterocycles. The number of nitrogens with one attached hydrogen (secondary N) is 3. The lowest BCUT2D eigenvalue weighted by molar-refractivity contribution is -0.118. The lowest BCUT2D eigenvalue weighted by Crippen LogP contribution is -2.45. The first kappa shape index (κ1) is 23.9. The van der Waals surface area contributed by atoms with Gasteiger partial charge in [0.15, 0.2) is 0 Å².